The summed E-state index contributed by atoms with van der Waals surface area (Å²) in [5, 5.41) is 20.8. The first-order valence-corrected chi connectivity index (χ1v) is 8.77. The molecular weight excluding hydrogens is 340 g/mol. The number of aliphatic hydroxyl groups is 2. The summed E-state index contributed by atoms with van der Waals surface area (Å²) in [4.78, 5) is 36.9. The van der Waals surface area contributed by atoms with Crippen LogP contribution in [0.25, 0.3) is 0 Å². The first kappa shape index (κ1) is 18.9. The van der Waals surface area contributed by atoms with Crippen LogP contribution in [0.3, 0.4) is 0 Å². The van der Waals surface area contributed by atoms with E-state index in [1.807, 2.05) is 0 Å². The number of carbonyl (C=O) groups excluding carboxylic acids is 3. The fraction of sp³-hybridized carbons (Fsp3) is 0.632. The van der Waals surface area contributed by atoms with E-state index in [0.29, 0.717) is 12.0 Å². The summed E-state index contributed by atoms with van der Waals surface area (Å²) in [7, 11) is 0. The molecule has 142 valence electrons. The molecule has 0 amide bonds. The van der Waals surface area contributed by atoms with Gasteiger partial charge in [-0.15, -0.1) is 0 Å². The number of ether oxygens (including phenoxy) is 2. The third-order valence-corrected chi connectivity index (χ3v) is 5.46. The molecule has 0 aromatic carbocycles. The highest BCUT2D eigenvalue weighted by atomic mass is 16.6. The van der Waals surface area contributed by atoms with E-state index in [9.17, 15) is 24.6 Å². The first-order chi connectivity index (χ1) is 12.1. The van der Waals surface area contributed by atoms with E-state index >= 15 is 0 Å². The Kier molecular flexibility index (Phi) is 4.90. The third-order valence-electron chi connectivity index (χ3n) is 5.46. The van der Waals surface area contributed by atoms with Crippen molar-refractivity contribution in [3.63, 3.8) is 0 Å². The van der Waals surface area contributed by atoms with Gasteiger partial charge < -0.3 is 19.7 Å². The zero-order chi connectivity index (χ0) is 19.2. The summed E-state index contributed by atoms with van der Waals surface area (Å²) in [6, 6.07) is 0. The van der Waals surface area contributed by atoms with Gasteiger partial charge in [-0.2, -0.15) is 0 Å². The second-order valence-electron chi connectivity index (χ2n) is 7.78. The largest absolute Gasteiger partial charge is 0.456 e. The molecule has 3 aliphatic heterocycles. The van der Waals surface area contributed by atoms with Crippen molar-refractivity contribution >= 4 is 17.5 Å². The van der Waals surface area contributed by atoms with Crippen molar-refractivity contribution in [3.8, 4) is 0 Å². The van der Waals surface area contributed by atoms with Crippen LogP contribution in [0.5, 0.6) is 0 Å². The highest BCUT2D eigenvalue weighted by molar-refractivity contribution is 5.95. The Balaban J connectivity index is 1.98. The molecule has 2 fully saturated rings. The number of esters is 1. The van der Waals surface area contributed by atoms with Gasteiger partial charge in [-0.1, -0.05) is 18.2 Å². The van der Waals surface area contributed by atoms with Crippen LogP contribution < -0.4 is 0 Å². The summed E-state index contributed by atoms with van der Waals surface area (Å²) < 4.78 is 11.0. The van der Waals surface area contributed by atoms with E-state index in [1.54, 1.807) is 19.9 Å². The topological polar surface area (TPSA) is 110 Å². The van der Waals surface area contributed by atoms with Crippen LogP contribution in [0, 0.1) is 5.92 Å². The van der Waals surface area contributed by atoms with Gasteiger partial charge in [-0.3, -0.25) is 9.59 Å². The van der Waals surface area contributed by atoms with Gasteiger partial charge in [0.1, 0.15) is 24.4 Å². The van der Waals surface area contributed by atoms with Crippen LogP contribution in [0.1, 0.15) is 39.5 Å². The zero-order valence-electron chi connectivity index (χ0n) is 14.9. The fourth-order valence-corrected chi connectivity index (χ4v) is 3.88. The Morgan fingerprint density at radius 3 is 2.58 bits per heavy atom. The van der Waals surface area contributed by atoms with E-state index in [-0.39, 0.29) is 36.5 Å². The number of hydrogen-bond donors (Lipinski definition) is 2. The van der Waals surface area contributed by atoms with Crippen molar-refractivity contribution in [2.75, 3.05) is 0 Å². The Hall–Kier alpha value is -1.83. The molecule has 26 heavy (non-hydrogen) atoms. The number of ketones is 2. The van der Waals surface area contributed by atoms with Crippen molar-refractivity contribution in [1.29, 1.82) is 0 Å². The summed E-state index contributed by atoms with van der Waals surface area (Å²) >= 11 is 0. The molecule has 6 unspecified atom stereocenters. The smallest absolute Gasteiger partial charge is 0.336 e. The molecule has 0 aromatic heterocycles. The molecule has 0 spiro atoms. The van der Waals surface area contributed by atoms with Gasteiger partial charge in [-0.25, -0.2) is 4.79 Å². The molecule has 4 bridgehead atoms. The average molecular weight is 364 g/mol. The standard InChI is InChI=1S/C19H24O7/c1-9(2)10-4-5-11-15(22)14(25-18(11)24)8-19(3)7-13(21)17(26-19)16(23)12(20)6-10/h5,10,14-17,22-23H,1,4,6-8H2,2-3H3. The lowest BCUT2D eigenvalue weighted by Crippen LogP contribution is -2.41. The number of Topliss-reactive ketones (excluding diaryl/α,β-unsaturated/α-hetero) is 2. The lowest BCUT2D eigenvalue weighted by Gasteiger charge is -2.28. The van der Waals surface area contributed by atoms with Crippen molar-refractivity contribution < 1.29 is 34.1 Å². The molecule has 7 heteroatoms. The quantitative estimate of drug-likeness (QED) is 0.518. The molecule has 3 heterocycles. The number of rotatable bonds is 1. The first-order valence-electron chi connectivity index (χ1n) is 8.77. The monoisotopic (exact) mass is 364 g/mol. The third kappa shape index (κ3) is 3.39. The van der Waals surface area contributed by atoms with E-state index in [2.05, 4.69) is 6.58 Å². The maximum atomic E-state index is 12.5. The van der Waals surface area contributed by atoms with E-state index in [0.717, 1.165) is 0 Å². The predicted molar refractivity (Wildman–Crippen MR) is 90.0 cm³/mol. The average Bonchev–Trinajstić information content (AvgIpc) is 2.98. The van der Waals surface area contributed by atoms with Gasteiger partial charge in [0.2, 0.25) is 0 Å². The molecule has 0 radical (unpaired) electrons. The Morgan fingerprint density at radius 2 is 1.92 bits per heavy atom. The molecule has 2 N–H and O–H groups in total. The van der Waals surface area contributed by atoms with Gasteiger partial charge in [0.15, 0.2) is 11.6 Å². The maximum absolute atomic E-state index is 12.5. The van der Waals surface area contributed by atoms with Crippen molar-refractivity contribution in [2.45, 2.75) is 69.5 Å². The summed E-state index contributed by atoms with van der Waals surface area (Å²) in [6.45, 7) is 7.26. The molecule has 2 saturated heterocycles. The summed E-state index contributed by atoms with van der Waals surface area (Å²) in [5.41, 5.74) is -0.164. The maximum Gasteiger partial charge on any atom is 0.336 e. The van der Waals surface area contributed by atoms with Crippen LogP contribution in [-0.2, 0) is 23.9 Å². The molecule has 0 aromatic rings. The second kappa shape index (κ2) is 6.72. The van der Waals surface area contributed by atoms with Crippen LogP contribution >= 0.6 is 0 Å². The minimum absolute atomic E-state index is 0.0221. The Bertz CT molecular complexity index is 694. The van der Waals surface area contributed by atoms with Crippen LogP contribution in [0.15, 0.2) is 23.8 Å². The lowest BCUT2D eigenvalue weighted by atomic mass is 9.86. The number of allylic oxidation sites excluding steroid dienone is 2. The van der Waals surface area contributed by atoms with Crippen LogP contribution in [-0.4, -0.2) is 57.8 Å². The molecule has 0 saturated carbocycles. The minimum atomic E-state index is -1.54. The van der Waals surface area contributed by atoms with Crippen molar-refractivity contribution in [3.05, 3.63) is 23.8 Å². The molecule has 3 rings (SSSR count). The summed E-state index contributed by atoms with van der Waals surface area (Å²) in [6.07, 6.45) is -2.79. The highest BCUT2D eigenvalue weighted by Gasteiger charge is 2.51. The molecular formula is C19H24O7. The summed E-state index contributed by atoms with van der Waals surface area (Å²) in [5.74, 6) is -1.79. The van der Waals surface area contributed by atoms with Crippen LogP contribution in [0.2, 0.25) is 0 Å². The van der Waals surface area contributed by atoms with Gasteiger partial charge >= 0.3 is 5.97 Å². The number of carbonyl (C=O) groups is 3. The SMILES string of the molecule is C=C(C)C1CC=C2C(=O)OC(CC3(C)CC(=O)C(O3)C(O)C(=O)C1)C2O. The van der Waals surface area contributed by atoms with Crippen molar-refractivity contribution in [1.82, 2.24) is 0 Å². The Morgan fingerprint density at radius 1 is 1.23 bits per heavy atom. The Labute approximate surface area is 151 Å². The highest BCUT2D eigenvalue weighted by Crippen LogP contribution is 2.38. The van der Waals surface area contributed by atoms with Gasteiger partial charge in [-0.05, 0) is 26.2 Å². The number of aliphatic hydroxyl groups excluding tert-OH is 2. The molecule has 0 aliphatic carbocycles. The zero-order valence-corrected chi connectivity index (χ0v) is 14.9. The molecule has 6 atom stereocenters. The normalized spacial score (nSPS) is 41.0. The molecule has 7 nitrogen and oxygen atoms in total. The van der Waals surface area contributed by atoms with E-state index < -0.39 is 41.8 Å². The van der Waals surface area contributed by atoms with Gasteiger partial charge in [0.05, 0.1) is 11.2 Å². The van der Waals surface area contributed by atoms with E-state index in [1.165, 1.54) is 0 Å². The number of hydrogen-bond acceptors (Lipinski definition) is 7. The molecule has 3 aliphatic rings. The second-order valence-corrected chi connectivity index (χ2v) is 7.78. The van der Waals surface area contributed by atoms with Crippen molar-refractivity contribution in [2.24, 2.45) is 5.92 Å². The van der Waals surface area contributed by atoms with Crippen LogP contribution in [0.4, 0.5) is 0 Å². The lowest BCUT2D eigenvalue weighted by molar-refractivity contribution is -0.152. The van der Waals surface area contributed by atoms with Gasteiger partial charge in [0.25, 0.3) is 0 Å². The fourth-order valence-electron chi connectivity index (χ4n) is 3.88. The van der Waals surface area contributed by atoms with Gasteiger partial charge in [0, 0.05) is 19.3 Å². The number of fused-ring (bicyclic) bond motifs is 4. The minimum Gasteiger partial charge on any atom is -0.456 e. The van der Waals surface area contributed by atoms with E-state index in [4.69, 9.17) is 9.47 Å². The predicted octanol–water partition coefficient (Wildman–Crippen LogP) is 0.622.